The molecule has 4 aromatic rings. The minimum Gasteiger partial charge on any atom is -0.496 e. The second kappa shape index (κ2) is 16.1. The van der Waals surface area contributed by atoms with Gasteiger partial charge in [-0.3, -0.25) is 0 Å². The van der Waals surface area contributed by atoms with Crippen molar-refractivity contribution < 1.29 is 18.9 Å². The summed E-state index contributed by atoms with van der Waals surface area (Å²) in [6.45, 7) is 13.0. The Labute approximate surface area is 292 Å². The van der Waals surface area contributed by atoms with Crippen LogP contribution in [0, 0.1) is 0 Å². The maximum absolute atomic E-state index is 6.39. The van der Waals surface area contributed by atoms with Crippen molar-refractivity contribution in [3.63, 3.8) is 0 Å². The number of ether oxygens (including phenoxy) is 4. The van der Waals surface area contributed by atoms with Gasteiger partial charge in [0.1, 0.15) is 31.1 Å². The monoisotopic (exact) mass is 690 g/mol. The number of hydrogen-bond acceptors (Lipinski definition) is 6. The van der Waals surface area contributed by atoms with Gasteiger partial charge in [0.15, 0.2) is 0 Å². The van der Waals surface area contributed by atoms with Gasteiger partial charge < -0.3 is 18.9 Å². The van der Waals surface area contributed by atoms with E-state index in [1.807, 2.05) is 34.8 Å². The quantitative estimate of drug-likeness (QED) is 0.0769. The number of methoxy groups -OCH3 is 2. The smallest absolute Gasteiger partial charge is 0.132 e. The van der Waals surface area contributed by atoms with Crippen LogP contribution in [-0.2, 0) is 0 Å². The van der Waals surface area contributed by atoms with E-state index in [0.29, 0.717) is 0 Å². The third-order valence-corrected chi connectivity index (χ3v) is 17.3. The molecule has 2 aromatic heterocycles. The fourth-order valence-corrected chi connectivity index (χ4v) is 16.7. The first-order valence-corrected chi connectivity index (χ1v) is 21.8. The highest BCUT2D eigenvalue weighted by Crippen LogP contribution is 2.51. The minimum absolute atomic E-state index is 0.0767. The first-order chi connectivity index (χ1) is 22.8. The molecule has 0 unspecified atom stereocenters. The van der Waals surface area contributed by atoms with E-state index in [9.17, 15) is 0 Å². The lowest BCUT2D eigenvalue weighted by Crippen LogP contribution is -2.54. The molecule has 0 amide bonds. The van der Waals surface area contributed by atoms with Crippen molar-refractivity contribution in [2.75, 3.05) is 14.2 Å². The lowest BCUT2D eigenvalue weighted by atomic mass is 10.1. The third-order valence-electron chi connectivity index (χ3n) is 9.25. The molecule has 7 heteroatoms. The fraction of sp³-hybridized carbons (Fsp3) is 0.500. The SMILES string of the molecule is CCCCCC[Si]1(CCCCCC)c2cc(-c3c(OC)cccc3OC(C)C)sc2-c2sc(-c3c(OC)cccc3OC(C)C)cc21. The molecule has 0 aliphatic carbocycles. The second-order valence-electron chi connectivity index (χ2n) is 13.4. The summed E-state index contributed by atoms with van der Waals surface area (Å²) in [5.74, 6) is 3.54. The largest absolute Gasteiger partial charge is 0.496 e. The molecule has 1 aliphatic rings. The van der Waals surface area contributed by atoms with Gasteiger partial charge >= 0.3 is 0 Å². The van der Waals surface area contributed by atoms with Crippen LogP contribution in [-0.4, -0.2) is 34.5 Å². The Hall–Kier alpha value is -2.74. The van der Waals surface area contributed by atoms with E-state index in [2.05, 4.69) is 77.9 Å². The van der Waals surface area contributed by atoms with Crippen LogP contribution < -0.4 is 29.3 Å². The summed E-state index contributed by atoms with van der Waals surface area (Å²) in [4.78, 5) is 5.44. The Morgan fingerprint density at radius 3 is 1.34 bits per heavy atom. The first-order valence-electron chi connectivity index (χ1n) is 17.7. The number of rotatable bonds is 18. The van der Waals surface area contributed by atoms with Gasteiger partial charge in [0.2, 0.25) is 0 Å². The molecule has 0 saturated heterocycles. The highest BCUT2D eigenvalue weighted by Gasteiger charge is 2.48. The Balaban J connectivity index is 1.73. The van der Waals surface area contributed by atoms with E-state index in [1.54, 1.807) is 24.6 Å². The maximum Gasteiger partial charge on any atom is 0.132 e. The van der Waals surface area contributed by atoms with Crippen LogP contribution in [0.3, 0.4) is 0 Å². The van der Waals surface area contributed by atoms with Crippen LogP contribution in [0.15, 0.2) is 48.5 Å². The van der Waals surface area contributed by atoms with Crippen molar-refractivity contribution in [2.45, 2.75) is 117 Å². The number of fused-ring (bicyclic) bond motifs is 3. The van der Waals surface area contributed by atoms with Gasteiger partial charge in [-0.15, -0.1) is 22.7 Å². The van der Waals surface area contributed by atoms with Gasteiger partial charge in [0, 0.05) is 19.5 Å². The number of benzene rings is 2. The van der Waals surface area contributed by atoms with Crippen molar-refractivity contribution >= 4 is 41.1 Å². The zero-order valence-electron chi connectivity index (χ0n) is 29.8. The standard InChI is InChI=1S/C40H54O4S2Si/c1-9-11-13-15-23-47(24-16-14-12-10-2)35-25-33(37-29(41-7)19-17-21-31(37)43-27(3)4)45-39(35)40-36(47)26-34(46-40)38-30(42-8)20-18-22-32(38)44-28(5)6/h17-22,25-28H,9-16,23-24H2,1-8H3. The fourth-order valence-electron chi connectivity index (χ4n) is 7.14. The molecule has 47 heavy (non-hydrogen) atoms. The van der Waals surface area contributed by atoms with E-state index in [-0.39, 0.29) is 12.2 Å². The van der Waals surface area contributed by atoms with Crippen molar-refractivity contribution in [3.8, 4) is 53.6 Å². The molecule has 3 heterocycles. The van der Waals surface area contributed by atoms with Crippen LogP contribution in [0.1, 0.15) is 92.9 Å². The molecule has 0 N–H and O–H groups in total. The van der Waals surface area contributed by atoms with E-state index in [1.165, 1.54) is 83.0 Å². The van der Waals surface area contributed by atoms with Crippen molar-refractivity contribution in [3.05, 3.63) is 48.5 Å². The predicted octanol–water partition coefficient (Wildman–Crippen LogP) is 11.4. The maximum atomic E-state index is 6.39. The van der Waals surface area contributed by atoms with Gasteiger partial charge in [0.05, 0.1) is 37.6 Å². The van der Waals surface area contributed by atoms with Crippen molar-refractivity contribution in [1.82, 2.24) is 0 Å². The molecular formula is C40H54O4S2Si. The summed E-state index contributed by atoms with van der Waals surface area (Å²) in [5.41, 5.74) is 2.16. The van der Waals surface area contributed by atoms with Crippen LogP contribution >= 0.6 is 22.7 Å². The highest BCUT2D eigenvalue weighted by molar-refractivity contribution is 7.31. The first kappa shape index (κ1) is 35.6. The molecule has 254 valence electrons. The molecular weight excluding hydrogens is 637 g/mol. The predicted molar refractivity (Wildman–Crippen MR) is 206 cm³/mol. The molecule has 0 atom stereocenters. The van der Waals surface area contributed by atoms with Crippen LogP contribution in [0.4, 0.5) is 0 Å². The zero-order chi connectivity index (χ0) is 33.6. The van der Waals surface area contributed by atoms with E-state index in [4.69, 9.17) is 18.9 Å². The summed E-state index contributed by atoms with van der Waals surface area (Å²) in [5, 5.41) is 3.27. The zero-order valence-corrected chi connectivity index (χ0v) is 32.4. The number of thiophene rings is 2. The van der Waals surface area contributed by atoms with Gasteiger partial charge in [0.25, 0.3) is 0 Å². The van der Waals surface area contributed by atoms with Crippen molar-refractivity contribution in [1.29, 1.82) is 0 Å². The van der Waals surface area contributed by atoms with E-state index >= 15 is 0 Å². The van der Waals surface area contributed by atoms with Crippen LogP contribution in [0.2, 0.25) is 12.1 Å². The lowest BCUT2D eigenvalue weighted by molar-refractivity contribution is 0.242. The van der Waals surface area contributed by atoms with Crippen LogP contribution in [0.5, 0.6) is 23.0 Å². The second-order valence-corrected chi connectivity index (χ2v) is 19.8. The molecule has 0 radical (unpaired) electrons. The molecule has 0 spiro atoms. The number of unbranched alkanes of at least 4 members (excludes halogenated alkanes) is 6. The summed E-state index contributed by atoms with van der Waals surface area (Å²) >= 11 is 3.87. The van der Waals surface area contributed by atoms with E-state index in [0.717, 1.165) is 34.1 Å². The average molecular weight is 691 g/mol. The molecule has 0 saturated carbocycles. The Bertz CT molecular complexity index is 1500. The molecule has 0 bridgehead atoms. The Morgan fingerprint density at radius 1 is 0.574 bits per heavy atom. The van der Waals surface area contributed by atoms with Gasteiger partial charge in [-0.05, 0) is 86.6 Å². The Morgan fingerprint density at radius 2 is 0.979 bits per heavy atom. The third kappa shape index (κ3) is 7.47. The van der Waals surface area contributed by atoms with Crippen molar-refractivity contribution in [2.24, 2.45) is 0 Å². The summed E-state index contributed by atoms with van der Waals surface area (Å²) in [7, 11) is 1.45. The average Bonchev–Trinajstić information content (AvgIpc) is 3.73. The molecule has 4 nitrogen and oxygen atoms in total. The molecule has 2 aromatic carbocycles. The minimum atomic E-state index is -2.09. The molecule has 0 fully saturated rings. The van der Waals surface area contributed by atoms with E-state index < -0.39 is 8.07 Å². The molecule has 1 aliphatic heterocycles. The summed E-state index contributed by atoms with van der Waals surface area (Å²) in [6, 6.07) is 20.1. The van der Waals surface area contributed by atoms with Gasteiger partial charge in [-0.25, -0.2) is 0 Å². The summed E-state index contributed by atoms with van der Waals surface area (Å²) < 4.78 is 24.7. The number of hydrogen-bond donors (Lipinski definition) is 0. The lowest BCUT2D eigenvalue weighted by Gasteiger charge is -2.29. The normalized spacial score (nSPS) is 13.2. The Kier molecular flexibility index (Phi) is 12.2. The van der Waals surface area contributed by atoms with Gasteiger partial charge in [-0.1, -0.05) is 77.3 Å². The molecule has 5 rings (SSSR count). The summed E-state index contributed by atoms with van der Waals surface area (Å²) in [6.07, 6.45) is 10.5. The highest BCUT2D eigenvalue weighted by atomic mass is 32.1. The van der Waals surface area contributed by atoms with Crippen LogP contribution in [0.25, 0.3) is 30.6 Å². The van der Waals surface area contributed by atoms with Gasteiger partial charge in [-0.2, -0.15) is 0 Å². The topological polar surface area (TPSA) is 36.9 Å².